The van der Waals surface area contributed by atoms with Crippen molar-refractivity contribution >= 4 is 43.5 Å². The minimum absolute atomic E-state index is 0.906. The lowest BCUT2D eigenvalue weighted by atomic mass is 9.83. The average molecular weight is 573 g/mol. The topological polar surface area (TPSA) is 13.1 Å². The molecule has 0 aliphatic carbocycles. The summed E-state index contributed by atoms with van der Waals surface area (Å²) in [5, 5.41) is 7.22. The van der Waals surface area contributed by atoms with Crippen LogP contribution < -0.4 is 0 Å². The Kier molecular flexibility index (Phi) is 5.89. The lowest BCUT2D eigenvalue weighted by molar-refractivity contribution is 0.669. The molecule has 0 saturated carbocycles. The quantitative estimate of drug-likeness (QED) is 0.191. The van der Waals surface area contributed by atoms with E-state index in [1.54, 1.807) is 0 Å². The van der Waals surface area contributed by atoms with E-state index >= 15 is 0 Å². The van der Waals surface area contributed by atoms with E-state index in [0.717, 1.165) is 21.9 Å². The number of furan rings is 1. The van der Waals surface area contributed by atoms with Crippen molar-refractivity contribution in [3.05, 3.63) is 170 Å². The van der Waals surface area contributed by atoms with Crippen molar-refractivity contribution in [1.29, 1.82) is 0 Å². The van der Waals surface area contributed by atoms with E-state index in [-0.39, 0.29) is 0 Å². The highest BCUT2D eigenvalue weighted by Crippen LogP contribution is 2.48. The van der Waals surface area contributed by atoms with Crippen molar-refractivity contribution in [3.63, 3.8) is 0 Å². The minimum Gasteiger partial charge on any atom is -0.456 e. The first-order chi connectivity index (χ1) is 22.3. The third-order valence-electron chi connectivity index (χ3n) is 9.07. The Labute approximate surface area is 261 Å². The molecule has 9 rings (SSSR count). The van der Waals surface area contributed by atoms with Crippen molar-refractivity contribution in [3.8, 4) is 44.5 Å². The van der Waals surface area contributed by atoms with Crippen LogP contribution in [0.25, 0.3) is 88.0 Å². The van der Waals surface area contributed by atoms with Crippen LogP contribution in [-0.4, -0.2) is 0 Å². The molecule has 0 bridgehead atoms. The van der Waals surface area contributed by atoms with E-state index in [4.69, 9.17) is 4.42 Å². The summed E-state index contributed by atoms with van der Waals surface area (Å²) in [4.78, 5) is 0. The van der Waals surface area contributed by atoms with E-state index in [1.807, 2.05) is 6.07 Å². The predicted octanol–water partition coefficient (Wildman–Crippen LogP) is 12.6. The molecular formula is C44H28O. The second kappa shape index (κ2) is 10.4. The van der Waals surface area contributed by atoms with Gasteiger partial charge < -0.3 is 4.42 Å². The van der Waals surface area contributed by atoms with Crippen molar-refractivity contribution in [2.75, 3.05) is 0 Å². The van der Waals surface area contributed by atoms with Gasteiger partial charge in [0.15, 0.2) is 0 Å². The van der Waals surface area contributed by atoms with Gasteiger partial charge in [0, 0.05) is 10.8 Å². The largest absolute Gasteiger partial charge is 0.456 e. The van der Waals surface area contributed by atoms with Gasteiger partial charge in [0.1, 0.15) is 11.2 Å². The normalized spacial score (nSPS) is 11.6. The summed E-state index contributed by atoms with van der Waals surface area (Å²) in [7, 11) is 0. The second-order valence-electron chi connectivity index (χ2n) is 11.6. The molecule has 9 aromatic rings. The highest BCUT2D eigenvalue weighted by Gasteiger charge is 2.21. The monoisotopic (exact) mass is 572 g/mol. The summed E-state index contributed by atoms with van der Waals surface area (Å²) < 4.78 is 6.39. The molecule has 210 valence electrons. The maximum absolute atomic E-state index is 6.39. The van der Waals surface area contributed by atoms with Gasteiger partial charge in [-0.1, -0.05) is 146 Å². The zero-order chi connectivity index (χ0) is 29.7. The Bertz CT molecular complexity index is 2410. The Morgan fingerprint density at radius 2 is 0.800 bits per heavy atom. The second-order valence-corrected chi connectivity index (χ2v) is 11.6. The van der Waals surface area contributed by atoms with E-state index in [1.165, 1.54) is 66.1 Å². The summed E-state index contributed by atoms with van der Waals surface area (Å²) in [6.07, 6.45) is 0. The van der Waals surface area contributed by atoms with Crippen molar-refractivity contribution in [2.24, 2.45) is 0 Å². The summed E-state index contributed by atoms with van der Waals surface area (Å²) in [6.45, 7) is 0. The molecule has 0 radical (unpaired) electrons. The molecule has 1 heteroatoms. The average Bonchev–Trinajstić information content (AvgIpc) is 3.50. The van der Waals surface area contributed by atoms with Gasteiger partial charge in [-0.15, -0.1) is 0 Å². The van der Waals surface area contributed by atoms with E-state index in [9.17, 15) is 0 Å². The van der Waals surface area contributed by atoms with Gasteiger partial charge in [0.2, 0.25) is 0 Å². The van der Waals surface area contributed by atoms with Gasteiger partial charge in [0.05, 0.1) is 0 Å². The zero-order valence-electron chi connectivity index (χ0n) is 24.6. The van der Waals surface area contributed by atoms with Gasteiger partial charge in [0.25, 0.3) is 0 Å². The Hall–Kier alpha value is -5.92. The van der Waals surface area contributed by atoms with Crippen molar-refractivity contribution in [2.45, 2.75) is 0 Å². The molecule has 0 saturated heterocycles. The predicted molar refractivity (Wildman–Crippen MR) is 190 cm³/mol. The molecule has 0 unspecified atom stereocenters. The van der Waals surface area contributed by atoms with Crippen molar-refractivity contribution in [1.82, 2.24) is 0 Å². The molecule has 0 amide bonds. The Morgan fingerprint density at radius 1 is 0.289 bits per heavy atom. The summed E-state index contributed by atoms with van der Waals surface area (Å²) in [6, 6.07) is 61.0. The van der Waals surface area contributed by atoms with Gasteiger partial charge >= 0.3 is 0 Å². The van der Waals surface area contributed by atoms with Crippen LogP contribution in [0.4, 0.5) is 0 Å². The van der Waals surface area contributed by atoms with Crippen LogP contribution >= 0.6 is 0 Å². The molecule has 0 atom stereocenters. The molecule has 1 heterocycles. The number of para-hydroxylation sites is 1. The summed E-state index contributed by atoms with van der Waals surface area (Å²) >= 11 is 0. The van der Waals surface area contributed by atoms with Crippen LogP contribution in [0, 0.1) is 0 Å². The van der Waals surface area contributed by atoms with E-state index in [0.29, 0.717) is 0 Å². The van der Waals surface area contributed by atoms with Crippen LogP contribution in [0.5, 0.6) is 0 Å². The smallest absolute Gasteiger partial charge is 0.136 e. The third-order valence-corrected chi connectivity index (χ3v) is 9.07. The molecule has 8 aromatic carbocycles. The number of hydrogen-bond donors (Lipinski definition) is 0. The molecule has 0 spiro atoms. The molecule has 1 nitrogen and oxygen atoms in total. The van der Waals surface area contributed by atoms with E-state index < -0.39 is 0 Å². The highest BCUT2D eigenvalue weighted by molar-refractivity contribution is 6.26. The lowest BCUT2D eigenvalue weighted by Crippen LogP contribution is -1.93. The molecule has 0 fully saturated rings. The first kappa shape index (κ1) is 25.6. The van der Waals surface area contributed by atoms with Crippen molar-refractivity contribution < 1.29 is 4.42 Å². The number of hydrogen-bond acceptors (Lipinski definition) is 1. The first-order valence-corrected chi connectivity index (χ1v) is 15.4. The van der Waals surface area contributed by atoms with Crippen LogP contribution in [0.15, 0.2) is 174 Å². The van der Waals surface area contributed by atoms with Gasteiger partial charge in [-0.2, -0.15) is 0 Å². The highest BCUT2D eigenvalue weighted by atomic mass is 16.3. The fourth-order valence-corrected chi connectivity index (χ4v) is 7.04. The van der Waals surface area contributed by atoms with Crippen LogP contribution in [0.2, 0.25) is 0 Å². The molecular weight excluding hydrogens is 544 g/mol. The third kappa shape index (κ3) is 4.17. The molecule has 0 aliphatic rings. The van der Waals surface area contributed by atoms with Gasteiger partial charge in [-0.25, -0.2) is 0 Å². The number of benzene rings is 8. The Balaban J connectivity index is 1.48. The standard InChI is InChI=1S/C44H28O/c1-4-13-29(14-5-1)32-23-25-34-38(27-32)42(31-17-8-3-9-18-31)39-28-33(30-15-6-2-7-16-30)24-26-35(39)43(34)37-20-12-22-41-44(37)36-19-10-11-21-40(36)45-41/h1-28H. The van der Waals surface area contributed by atoms with Crippen LogP contribution in [0.1, 0.15) is 0 Å². The van der Waals surface area contributed by atoms with Gasteiger partial charge in [-0.05, 0) is 90.3 Å². The van der Waals surface area contributed by atoms with Gasteiger partial charge in [-0.3, -0.25) is 0 Å². The number of rotatable bonds is 4. The van der Waals surface area contributed by atoms with Crippen LogP contribution in [0.3, 0.4) is 0 Å². The fourth-order valence-electron chi connectivity index (χ4n) is 7.04. The van der Waals surface area contributed by atoms with Crippen LogP contribution in [-0.2, 0) is 0 Å². The maximum atomic E-state index is 6.39. The molecule has 1 aromatic heterocycles. The first-order valence-electron chi connectivity index (χ1n) is 15.4. The molecule has 0 aliphatic heterocycles. The fraction of sp³-hybridized carbons (Fsp3) is 0. The zero-order valence-corrected chi connectivity index (χ0v) is 24.6. The summed E-state index contributed by atoms with van der Waals surface area (Å²) in [5.41, 5.74) is 11.5. The molecule has 0 N–H and O–H groups in total. The number of fused-ring (bicyclic) bond motifs is 5. The van der Waals surface area contributed by atoms with E-state index in [2.05, 4.69) is 164 Å². The summed E-state index contributed by atoms with van der Waals surface area (Å²) in [5.74, 6) is 0. The lowest BCUT2D eigenvalue weighted by Gasteiger charge is -2.20. The Morgan fingerprint density at radius 3 is 1.40 bits per heavy atom. The maximum Gasteiger partial charge on any atom is 0.136 e. The molecule has 45 heavy (non-hydrogen) atoms. The minimum atomic E-state index is 0.906. The SMILES string of the molecule is c1ccc(-c2ccc3c(-c4cccc5oc6ccccc6c45)c4ccc(-c5ccccc5)cc4c(-c4ccccc4)c3c2)cc1.